The van der Waals surface area contributed by atoms with Gasteiger partial charge in [-0.15, -0.1) is 0 Å². The number of carboxylic acid groups (broad SMARTS) is 1. The number of nitrogens with zero attached hydrogens (tertiary/aromatic N) is 2. The van der Waals surface area contributed by atoms with Crippen molar-refractivity contribution in [1.82, 2.24) is 9.80 Å². The monoisotopic (exact) mass is 242 g/mol. The molecule has 1 aliphatic heterocycles. The van der Waals surface area contributed by atoms with Gasteiger partial charge in [0, 0.05) is 19.6 Å². The molecule has 2 unspecified atom stereocenters. The van der Waals surface area contributed by atoms with Gasteiger partial charge in [0.15, 0.2) is 0 Å². The first-order valence-corrected chi connectivity index (χ1v) is 6.62. The quantitative estimate of drug-likeness (QED) is 0.764. The fourth-order valence-electron chi connectivity index (χ4n) is 2.70. The molecule has 1 N–H and O–H groups in total. The maximum absolute atomic E-state index is 11.0. The van der Waals surface area contributed by atoms with Crippen molar-refractivity contribution in [2.45, 2.75) is 26.2 Å². The Morgan fingerprint density at radius 2 is 2.29 bits per heavy atom. The predicted molar refractivity (Wildman–Crippen MR) is 69.1 cm³/mol. The zero-order chi connectivity index (χ0) is 12.8. The summed E-state index contributed by atoms with van der Waals surface area (Å²) in [5.74, 6) is -0.188. The summed E-state index contributed by atoms with van der Waals surface area (Å²) in [6.45, 7) is 5.99. The average Bonchev–Trinajstić information content (AvgIpc) is 2.25. The van der Waals surface area contributed by atoms with Crippen LogP contribution in [0.5, 0.6) is 0 Å². The van der Waals surface area contributed by atoms with Crippen LogP contribution in [0.25, 0.3) is 0 Å². The van der Waals surface area contributed by atoms with Gasteiger partial charge in [-0.3, -0.25) is 4.79 Å². The van der Waals surface area contributed by atoms with Gasteiger partial charge >= 0.3 is 5.97 Å². The van der Waals surface area contributed by atoms with E-state index in [1.54, 1.807) is 0 Å². The van der Waals surface area contributed by atoms with Crippen LogP contribution >= 0.6 is 0 Å². The summed E-state index contributed by atoms with van der Waals surface area (Å²) < 4.78 is 0. The standard InChI is InChI=1S/C13H26N2O2/c1-4-12(13(16)17)10-15(3)9-11-6-5-7-14(2)8-11/h11-12H,4-10H2,1-3H3,(H,16,17). The van der Waals surface area contributed by atoms with Gasteiger partial charge in [-0.05, 0) is 45.8 Å². The molecule has 0 aromatic carbocycles. The number of piperidine rings is 1. The van der Waals surface area contributed by atoms with Crippen LogP contribution in [0, 0.1) is 11.8 Å². The van der Waals surface area contributed by atoms with Gasteiger partial charge in [0.2, 0.25) is 0 Å². The molecule has 1 heterocycles. The van der Waals surface area contributed by atoms with Crippen molar-refractivity contribution in [2.75, 3.05) is 40.3 Å². The second-order valence-electron chi connectivity index (χ2n) is 5.44. The molecule has 17 heavy (non-hydrogen) atoms. The van der Waals surface area contributed by atoms with Crippen molar-refractivity contribution in [1.29, 1.82) is 0 Å². The van der Waals surface area contributed by atoms with E-state index in [1.807, 2.05) is 14.0 Å². The van der Waals surface area contributed by atoms with Crippen LogP contribution in [0.15, 0.2) is 0 Å². The van der Waals surface area contributed by atoms with E-state index in [2.05, 4.69) is 16.8 Å². The lowest BCUT2D eigenvalue weighted by Gasteiger charge is -2.33. The Labute approximate surface area is 105 Å². The molecule has 4 nitrogen and oxygen atoms in total. The SMILES string of the molecule is CCC(CN(C)CC1CCCN(C)C1)C(=O)O. The first-order valence-electron chi connectivity index (χ1n) is 6.62. The minimum atomic E-state index is -0.667. The predicted octanol–water partition coefficient (Wildman–Crippen LogP) is 1.37. The molecule has 1 aliphatic rings. The van der Waals surface area contributed by atoms with Crippen molar-refractivity contribution in [2.24, 2.45) is 11.8 Å². The number of hydrogen-bond acceptors (Lipinski definition) is 3. The fourth-order valence-corrected chi connectivity index (χ4v) is 2.70. The maximum atomic E-state index is 11.0. The van der Waals surface area contributed by atoms with Gasteiger partial charge in [0.1, 0.15) is 0 Å². The van der Waals surface area contributed by atoms with E-state index in [4.69, 9.17) is 5.11 Å². The van der Waals surface area contributed by atoms with Crippen molar-refractivity contribution in [3.05, 3.63) is 0 Å². The normalized spacial score (nSPS) is 23.9. The highest BCUT2D eigenvalue weighted by Gasteiger charge is 2.22. The topological polar surface area (TPSA) is 43.8 Å². The number of carbonyl (C=O) groups is 1. The van der Waals surface area contributed by atoms with E-state index in [1.165, 1.54) is 19.4 Å². The van der Waals surface area contributed by atoms with Crippen molar-refractivity contribution >= 4 is 5.97 Å². The van der Waals surface area contributed by atoms with E-state index in [9.17, 15) is 4.79 Å². The molecular formula is C13H26N2O2. The summed E-state index contributed by atoms with van der Waals surface area (Å²) in [5.41, 5.74) is 0. The largest absolute Gasteiger partial charge is 0.481 e. The number of rotatable bonds is 6. The van der Waals surface area contributed by atoms with Crippen molar-refractivity contribution in [3.8, 4) is 0 Å². The Balaban J connectivity index is 2.32. The second kappa shape index (κ2) is 6.97. The van der Waals surface area contributed by atoms with E-state index >= 15 is 0 Å². The summed E-state index contributed by atoms with van der Waals surface area (Å²) in [7, 11) is 4.21. The van der Waals surface area contributed by atoms with Gasteiger partial charge in [0.25, 0.3) is 0 Å². The smallest absolute Gasteiger partial charge is 0.307 e. The number of aliphatic carboxylic acids is 1. The zero-order valence-corrected chi connectivity index (χ0v) is 11.4. The molecule has 1 rings (SSSR count). The van der Waals surface area contributed by atoms with E-state index in [-0.39, 0.29) is 5.92 Å². The van der Waals surface area contributed by atoms with Crippen molar-refractivity contribution < 1.29 is 9.90 Å². The fraction of sp³-hybridized carbons (Fsp3) is 0.923. The van der Waals surface area contributed by atoms with Crippen LogP contribution in [0.3, 0.4) is 0 Å². The van der Waals surface area contributed by atoms with Gasteiger partial charge in [0.05, 0.1) is 5.92 Å². The summed E-state index contributed by atoms with van der Waals surface area (Å²) in [4.78, 5) is 15.5. The maximum Gasteiger partial charge on any atom is 0.307 e. The molecule has 0 aromatic heterocycles. The first kappa shape index (κ1) is 14.5. The molecule has 2 atom stereocenters. The molecule has 0 bridgehead atoms. The number of likely N-dealkylation sites (tertiary alicyclic amines) is 1. The molecule has 4 heteroatoms. The summed E-state index contributed by atoms with van der Waals surface area (Å²) in [6, 6.07) is 0. The first-order chi connectivity index (χ1) is 8.02. The Kier molecular flexibility index (Phi) is 5.92. The lowest BCUT2D eigenvalue weighted by atomic mass is 9.97. The number of hydrogen-bond donors (Lipinski definition) is 1. The summed E-state index contributed by atoms with van der Waals surface area (Å²) in [5, 5.41) is 9.04. The molecule has 0 radical (unpaired) electrons. The average molecular weight is 242 g/mol. The zero-order valence-electron chi connectivity index (χ0n) is 11.4. The lowest BCUT2D eigenvalue weighted by molar-refractivity contribution is -0.142. The molecule has 0 aliphatic carbocycles. The van der Waals surface area contributed by atoms with Gasteiger partial charge in [-0.25, -0.2) is 0 Å². The third-order valence-electron chi connectivity index (χ3n) is 3.67. The highest BCUT2D eigenvalue weighted by atomic mass is 16.4. The van der Waals surface area contributed by atoms with Gasteiger partial charge in [-0.2, -0.15) is 0 Å². The third-order valence-corrected chi connectivity index (χ3v) is 3.67. The molecule has 1 fully saturated rings. The molecule has 1 saturated heterocycles. The van der Waals surface area contributed by atoms with Crippen molar-refractivity contribution in [3.63, 3.8) is 0 Å². The minimum absolute atomic E-state index is 0.221. The van der Waals surface area contributed by atoms with Crippen LogP contribution in [0.2, 0.25) is 0 Å². The van der Waals surface area contributed by atoms with Crippen LogP contribution < -0.4 is 0 Å². The van der Waals surface area contributed by atoms with Crippen LogP contribution in [0.4, 0.5) is 0 Å². The highest BCUT2D eigenvalue weighted by molar-refractivity contribution is 5.70. The minimum Gasteiger partial charge on any atom is -0.481 e. The van der Waals surface area contributed by atoms with Gasteiger partial charge in [-0.1, -0.05) is 6.92 Å². The molecule has 0 spiro atoms. The lowest BCUT2D eigenvalue weighted by Crippen LogP contribution is -2.40. The summed E-state index contributed by atoms with van der Waals surface area (Å²) in [6.07, 6.45) is 3.26. The Bertz CT molecular complexity index is 246. The van der Waals surface area contributed by atoms with E-state index in [0.29, 0.717) is 18.9 Å². The summed E-state index contributed by atoms with van der Waals surface area (Å²) >= 11 is 0. The van der Waals surface area contributed by atoms with E-state index in [0.717, 1.165) is 13.1 Å². The van der Waals surface area contributed by atoms with Crippen LogP contribution in [-0.4, -0.2) is 61.2 Å². The van der Waals surface area contributed by atoms with E-state index < -0.39 is 5.97 Å². The molecule has 0 aromatic rings. The Morgan fingerprint density at radius 3 is 2.82 bits per heavy atom. The third kappa shape index (κ3) is 5.04. The highest BCUT2D eigenvalue weighted by Crippen LogP contribution is 2.16. The van der Waals surface area contributed by atoms with Crippen LogP contribution in [-0.2, 0) is 4.79 Å². The molecule has 100 valence electrons. The Hall–Kier alpha value is -0.610. The molecular weight excluding hydrogens is 216 g/mol. The van der Waals surface area contributed by atoms with Crippen LogP contribution in [0.1, 0.15) is 26.2 Å². The molecule has 0 amide bonds. The molecule has 0 saturated carbocycles. The Morgan fingerprint density at radius 1 is 1.59 bits per heavy atom. The second-order valence-corrected chi connectivity index (χ2v) is 5.44. The number of carboxylic acids is 1. The van der Waals surface area contributed by atoms with Gasteiger partial charge < -0.3 is 14.9 Å².